The maximum Gasteiger partial charge on any atom is 0.238 e. The largest absolute Gasteiger partial charge is 0.479 e. The van der Waals surface area contributed by atoms with E-state index in [1.807, 2.05) is 12.1 Å². The standard InChI is InChI=1S/C11H18N4O/c1-15-6-5-8(7-15)13-10-4-3-9(12)11(14-10)16-2/h3-4,8H,5-7,12H2,1-2H3,(H,13,14). The highest BCUT2D eigenvalue weighted by Gasteiger charge is 2.19. The molecule has 1 unspecified atom stereocenters. The third-order valence-corrected chi connectivity index (χ3v) is 2.83. The van der Waals surface area contributed by atoms with Gasteiger partial charge in [0, 0.05) is 12.6 Å². The van der Waals surface area contributed by atoms with Gasteiger partial charge in [-0.3, -0.25) is 0 Å². The number of likely N-dealkylation sites (tertiary alicyclic amines) is 1. The van der Waals surface area contributed by atoms with Gasteiger partial charge in [-0.15, -0.1) is 0 Å². The summed E-state index contributed by atoms with van der Waals surface area (Å²) in [6.07, 6.45) is 1.14. The molecule has 1 aromatic rings. The van der Waals surface area contributed by atoms with Crippen LogP contribution >= 0.6 is 0 Å². The summed E-state index contributed by atoms with van der Waals surface area (Å²) in [4.78, 5) is 6.60. The van der Waals surface area contributed by atoms with E-state index in [-0.39, 0.29) is 0 Å². The van der Waals surface area contributed by atoms with Gasteiger partial charge in [-0.05, 0) is 32.1 Å². The monoisotopic (exact) mass is 222 g/mol. The van der Waals surface area contributed by atoms with Crippen molar-refractivity contribution in [2.45, 2.75) is 12.5 Å². The van der Waals surface area contributed by atoms with Crippen molar-refractivity contribution in [1.82, 2.24) is 9.88 Å². The summed E-state index contributed by atoms with van der Waals surface area (Å²) in [5.41, 5.74) is 6.27. The third-order valence-electron chi connectivity index (χ3n) is 2.83. The maximum absolute atomic E-state index is 5.71. The van der Waals surface area contributed by atoms with E-state index in [1.54, 1.807) is 7.11 Å². The molecular formula is C11H18N4O. The fourth-order valence-electron chi connectivity index (χ4n) is 1.96. The van der Waals surface area contributed by atoms with Gasteiger partial charge in [-0.2, -0.15) is 4.98 Å². The van der Waals surface area contributed by atoms with Crippen LogP contribution in [0.2, 0.25) is 0 Å². The van der Waals surface area contributed by atoms with Crippen molar-refractivity contribution in [3.63, 3.8) is 0 Å². The third kappa shape index (κ3) is 2.36. The van der Waals surface area contributed by atoms with Crippen LogP contribution in [0.15, 0.2) is 12.1 Å². The molecule has 0 saturated carbocycles. The second kappa shape index (κ2) is 4.57. The molecular weight excluding hydrogens is 204 g/mol. The van der Waals surface area contributed by atoms with Crippen LogP contribution in [0, 0.1) is 0 Å². The normalized spacial score (nSPS) is 21.0. The van der Waals surface area contributed by atoms with Gasteiger partial charge in [-0.25, -0.2) is 0 Å². The molecule has 0 bridgehead atoms. The molecule has 0 aliphatic carbocycles. The van der Waals surface area contributed by atoms with Crippen molar-refractivity contribution in [2.75, 3.05) is 38.3 Å². The first kappa shape index (κ1) is 11.0. The Bertz CT molecular complexity index is 369. The SMILES string of the molecule is COc1nc(NC2CCN(C)C2)ccc1N. The molecule has 1 aliphatic rings. The topological polar surface area (TPSA) is 63.4 Å². The molecule has 5 heteroatoms. The van der Waals surface area contributed by atoms with Crippen molar-refractivity contribution < 1.29 is 4.74 Å². The van der Waals surface area contributed by atoms with E-state index < -0.39 is 0 Å². The smallest absolute Gasteiger partial charge is 0.238 e. The minimum Gasteiger partial charge on any atom is -0.479 e. The van der Waals surface area contributed by atoms with E-state index in [9.17, 15) is 0 Å². The lowest BCUT2D eigenvalue weighted by molar-refractivity contribution is 0.400. The number of pyridine rings is 1. The molecule has 1 fully saturated rings. The van der Waals surface area contributed by atoms with Gasteiger partial charge in [0.1, 0.15) is 5.82 Å². The molecule has 2 heterocycles. The molecule has 5 nitrogen and oxygen atoms in total. The van der Waals surface area contributed by atoms with Gasteiger partial charge in [-0.1, -0.05) is 0 Å². The Hall–Kier alpha value is -1.49. The van der Waals surface area contributed by atoms with E-state index in [0.717, 1.165) is 25.3 Å². The number of rotatable bonds is 3. The number of nitrogens with two attached hydrogens (primary N) is 1. The molecule has 2 rings (SSSR count). The predicted octanol–water partition coefficient (Wildman–Crippen LogP) is 0.788. The van der Waals surface area contributed by atoms with Crippen molar-refractivity contribution in [3.05, 3.63) is 12.1 Å². The Morgan fingerprint density at radius 1 is 1.56 bits per heavy atom. The minimum atomic E-state index is 0.464. The number of likely N-dealkylation sites (N-methyl/N-ethyl adjacent to an activating group) is 1. The van der Waals surface area contributed by atoms with Gasteiger partial charge < -0.3 is 20.7 Å². The fraction of sp³-hybridized carbons (Fsp3) is 0.545. The molecule has 1 saturated heterocycles. The predicted molar refractivity (Wildman–Crippen MR) is 64.7 cm³/mol. The maximum atomic E-state index is 5.71. The zero-order chi connectivity index (χ0) is 11.5. The van der Waals surface area contributed by atoms with Crippen LogP contribution in [-0.2, 0) is 0 Å². The molecule has 0 radical (unpaired) electrons. The van der Waals surface area contributed by atoms with Gasteiger partial charge in [0.2, 0.25) is 5.88 Å². The Kier molecular flexibility index (Phi) is 3.14. The van der Waals surface area contributed by atoms with Crippen molar-refractivity contribution in [3.8, 4) is 5.88 Å². The van der Waals surface area contributed by atoms with Crippen LogP contribution in [0.3, 0.4) is 0 Å². The van der Waals surface area contributed by atoms with Crippen molar-refractivity contribution in [2.24, 2.45) is 0 Å². The molecule has 0 aromatic carbocycles. The van der Waals surface area contributed by atoms with Crippen LogP contribution in [0.4, 0.5) is 11.5 Å². The number of methoxy groups -OCH3 is 1. The highest BCUT2D eigenvalue weighted by molar-refractivity contribution is 5.53. The van der Waals surface area contributed by atoms with Gasteiger partial charge in [0.25, 0.3) is 0 Å². The quantitative estimate of drug-likeness (QED) is 0.791. The average Bonchev–Trinajstić information content (AvgIpc) is 2.67. The number of hydrogen-bond donors (Lipinski definition) is 2. The summed E-state index contributed by atoms with van der Waals surface area (Å²) < 4.78 is 5.08. The number of ether oxygens (including phenoxy) is 1. The minimum absolute atomic E-state index is 0.464. The van der Waals surface area contributed by atoms with Crippen LogP contribution < -0.4 is 15.8 Å². The molecule has 3 N–H and O–H groups in total. The van der Waals surface area contributed by atoms with Gasteiger partial charge in [0.15, 0.2) is 0 Å². The summed E-state index contributed by atoms with van der Waals surface area (Å²) in [6, 6.07) is 4.16. The number of nitrogen functional groups attached to an aromatic ring is 1. The lowest BCUT2D eigenvalue weighted by Crippen LogP contribution is -2.24. The molecule has 0 amide bonds. The molecule has 1 aromatic heterocycles. The van der Waals surface area contributed by atoms with Crippen molar-refractivity contribution in [1.29, 1.82) is 0 Å². The first-order chi connectivity index (χ1) is 7.69. The number of aromatic nitrogens is 1. The molecule has 1 atom stereocenters. The van der Waals surface area contributed by atoms with E-state index in [0.29, 0.717) is 17.6 Å². The second-order valence-corrected chi connectivity index (χ2v) is 4.19. The summed E-state index contributed by atoms with van der Waals surface area (Å²) in [7, 11) is 3.70. The van der Waals surface area contributed by atoms with Gasteiger partial charge in [0.05, 0.1) is 12.8 Å². The summed E-state index contributed by atoms with van der Waals surface area (Å²) in [5.74, 6) is 1.31. The van der Waals surface area contributed by atoms with E-state index in [1.165, 1.54) is 0 Å². The van der Waals surface area contributed by atoms with Crippen LogP contribution in [0.25, 0.3) is 0 Å². The average molecular weight is 222 g/mol. The molecule has 0 spiro atoms. The Morgan fingerprint density at radius 3 is 3.00 bits per heavy atom. The summed E-state index contributed by atoms with van der Waals surface area (Å²) >= 11 is 0. The van der Waals surface area contributed by atoms with E-state index >= 15 is 0 Å². The lowest BCUT2D eigenvalue weighted by atomic mass is 10.2. The Labute approximate surface area is 95.6 Å². The molecule has 88 valence electrons. The van der Waals surface area contributed by atoms with Crippen LogP contribution in [0.1, 0.15) is 6.42 Å². The van der Waals surface area contributed by atoms with E-state index in [2.05, 4.69) is 22.2 Å². The molecule has 16 heavy (non-hydrogen) atoms. The Morgan fingerprint density at radius 2 is 2.38 bits per heavy atom. The number of hydrogen-bond acceptors (Lipinski definition) is 5. The zero-order valence-corrected chi connectivity index (χ0v) is 9.73. The fourth-order valence-corrected chi connectivity index (χ4v) is 1.96. The highest BCUT2D eigenvalue weighted by Crippen LogP contribution is 2.21. The molecule has 1 aliphatic heterocycles. The van der Waals surface area contributed by atoms with Crippen LogP contribution in [0.5, 0.6) is 5.88 Å². The lowest BCUT2D eigenvalue weighted by Gasteiger charge is -2.14. The van der Waals surface area contributed by atoms with Crippen LogP contribution in [-0.4, -0.2) is 43.2 Å². The van der Waals surface area contributed by atoms with Crippen molar-refractivity contribution >= 4 is 11.5 Å². The zero-order valence-electron chi connectivity index (χ0n) is 9.73. The number of nitrogens with one attached hydrogen (secondary N) is 1. The van der Waals surface area contributed by atoms with Gasteiger partial charge >= 0.3 is 0 Å². The summed E-state index contributed by atoms with van der Waals surface area (Å²) in [6.45, 7) is 2.18. The first-order valence-corrected chi connectivity index (χ1v) is 5.44. The van der Waals surface area contributed by atoms with E-state index in [4.69, 9.17) is 10.5 Å². The second-order valence-electron chi connectivity index (χ2n) is 4.19. The number of nitrogens with zero attached hydrogens (tertiary/aromatic N) is 2. The Balaban J connectivity index is 2.04. The highest BCUT2D eigenvalue weighted by atomic mass is 16.5. The first-order valence-electron chi connectivity index (χ1n) is 5.44. The summed E-state index contributed by atoms with van der Waals surface area (Å²) in [5, 5.41) is 3.38. The number of anilines is 2.